The Kier molecular flexibility index (Phi) is 5.52. The lowest BCUT2D eigenvalue weighted by molar-refractivity contribution is -0.119. The summed E-state index contributed by atoms with van der Waals surface area (Å²) in [5.74, 6) is 0.420. The van der Waals surface area contributed by atoms with Gasteiger partial charge in [0.1, 0.15) is 12.4 Å². The van der Waals surface area contributed by atoms with Crippen molar-refractivity contribution in [1.82, 2.24) is 9.88 Å². The highest BCUT2D eigenvalue weighted by atomic mass is 16.2. The van der Waals surface area contributed by atoms with E-state index in [9.17, 15) is 9.59 Å². The fourth-order valence-corrected chi connectivity index (χ4v) is 3.40. The van der Waals surface area contributed by atoms with Gasteiger partial charge in [-0.1, -0.05) is 54.6 Å². The van der Waals surface area contributed by atoms with Gasteiger partial charge < -0.3 is 4.90 Å². The first-order valence-corrected chi connectivity index (χ1v) is 9.59. The van der Waals surface area contributed by atoms with Gasteiger partial charge >= 0.3 is 6.03 Å². The Labute approximate surface area is 170 Å². The molecular formula is C23H22N4O2. The number of carbonyl (C=O) groups is 2. The Balaban J connectivity index is 1.50. The van der Waals surface area contributed by atoms with Crippen LogP contribution in [0.3, 0.4) is 0 Å². The Morgan fingerprint density at radius 3 is 2.28 bits per heavy atom. The largest absolute Gasteiger partial charge is 0.325 e. The molecule has 4 rings (SSSR count). The maximum absolute atomic E-state index is 13.2. The van der Waals surface area contributed by atoms with E-state index in [0.717, 1.165) is 11.3 Å². The lowest BCUT2D eigenvalue weighted by Gasteiger charge is -2.25. The van der Waals surface area contributed by atoms with Gasteiger partial charge in [0.05, 0.1) is 6.54 Å². The first-order valence-electron chi connectivity index (χ1n) is 9.59. The molecule has 1 aliphatic heterocycles. The van der Waals surface area contributed by atoms with Crippen molar-refractivity contribution in [3.8, 4) is 0 Å². The van der Waals surface area contributed by atoms with Crippen molar-refractivity contribution < 1.29 is 9.59 Å². The van der Waals surface area contributed by atoms with Crippen LogP contribution in [0, 0.1) is 0 Å². The third-order valence-corrected chi connectivity index (χ3v) is 4.90. The number of urea groups is 1. The molecule has 0 spiro atoms. The normalized spacial score (nSPS) is 13.6. The van der Waals surface area contributed by atoms with Gasteiger partial charge in [0.15, 0.2) is 0 Å². The fourth-order valence-electron chi connectivity index (χ4n) is 3.40. The van der Waals surface area contributed by atoms with E-state index in [4.69, 9.17) is 0 Å². The molecule has 0 atom stereocenters. The third-order valence-electron chi connectivity index (χ3n) is 4.90. The van der Waals surface area contributed by atoms with Gasteiger partial charge in [-0.15, -0.1) is 0 Å². The number of carbonyl (C=O) groups excluding carboxylic acids is 2. The molecule has 0 aliphatic carbocycles. The highest BCUT2D eigenvalue weighted by Gasteiger charge is 2.32. The molecule has 1 aromatic heterocycles. The Hall–Kier alpha value is -3.67. The predicted molar refractivity (Wildman–Crippen MR) is 113 cm³/mol. The molecule has 29 heavy (non-hydrogen) atoms. The molecule has 0 unspecified atom stereocenters. The fraction of sp³-hybridized carbons (Fsp3) is 0.174. The lowest BCUT2D eigenvalue weighted by Crippen LogP contribution is -2.42. The lowest BCUT2D eigenvalue weighted by atomic mass is 10.2. The van der Waals surface area contributed by atoms with Crippen LogP contribution >= 0.6 is 0 Å². The van der Waals surface area contributed by atoms with E-state index in [1.54, 1.807) is 20.9 Å². The number of amides is 3. The predicted octanol–water partition coefficient (Wildman–Crippen LogP) is 3.56. The summed E-state index contributed by atoms with van der Waals surface area (Å²) in [5.41, 5.74) is 1.85. The molecule has 0 N–H and O–H groups in total. The van der Waals surface area contributed by atoms with Gasteiger partial charge in [-0.25, -0.2) is 9.78 Å². The molecule has 3 aromatic rings. The topological polar surface area (TPSA) is 56.8 Å². The van der Waals surface area contributed by atoms with Crippen molar-refractivity contribution in [2.24, 2.45) is 0 Å². The van der Waals surface area contributed by atoms with E-state index >= 15 is 0 Å². The van der Waals surface area contributed by atoms with Crippen LogP contribution in [-0.2, 0) is 11.3 Å². The molecule has 1 saturated heterocycles. The molecule has 1 fully saturated rings. The van der Waals surface area contributed by atoms with Crippen molar-refractivity contribution in [1.29, 1.82) is 0 Å². The minimum Gasteiger partial charge on any atom is -0.313 e. The second-order valence-electron chi connectivity index (χ2n) is 6.84. The van der Waals surface area contributed by atoms with E-state index in [2.05, 4.69) is 4.98 Å². The summed E-state index contributed by atoms with van der Waals surface area (Å²) in [6, 6.07) is 24.6. The first-order chi connectivity index (χ1) is 14.2. The maximum atomic E-state index is 13.2. The van der Waals surface area contributed by atoms with Gasteiger partial charge in [-0.3, -0.25) is 14.6 Å². The Morgan fingerprint density at radius 2 is 1.59 bits per heavy atom. The van der Waals surface area contributed by atoms with Crippen molar-refractivity contribution in [2.45, 2.75) is 6.54 Å². The smallest absolute Gasteiger partial charge is 0.313 e. The van der Waals surface area contributed by atoms with Crippen LogP contribution in [0.4, 0.5) is 16.3 Å². The minimum atomic E-state index is -0.157. The minimum absolute atomic E-state index is 0.0194. The summed E-state index contributed by atoms with van der Waals surface area (Å²) >= 11 is 0. The zero-order valence-electron chi connectivity index (χ0n) is 16.0. The van der Waals surface area contributed by atoms with E-state index in [0.29, 0.717) is 25.5 Å². The second-order valence-corrected chi connectivity index (χ2v) is 6.84. The summed E-state index contributed by atoms with van der Waals surface area (Å²) < 4.78 is 0. The molecule has 146 valence electrons. The van der Waals surface area contributed by atoms with Crippen molar-refractivity contribution in [3.63, 3.8) is 0 Å². The number of aromatic nitrogens is 1. The number of rotatable bonds is 6. The van der Waals surface area contributed by atoms with Gasteiger partial charge in [0, 0.05) is 25.0 Å². The van der Waals surface area contributed by atoms with Crippen LogP contribution in [0.15, 0.2) is 85.1 Å². The molecule has 0 bridgehead atoms. The zero-order chi connectivity index (χ0) is 20.1. The van der Waals surface area contributed by atoms with E-state index < -0.39 is 0 Å². The SMILES string of the molecule is O=C1N(CC(=O)N(Cc2ccccc2)c2ccccn2)CCN1c1ccccc1. The molecule has 0 saturated carbocycles. The number of hydrogen-bond donors (Lipinski definition) is 0. The zero-order valence-corrected chi connectivity index (χ0v) is 16.0. The van der Waals surface area contributed by atoms with Crippen molar-refractivity contribution in [3.05, 3.63) is 90.6 Å². The molecule has 2 aromatic carbocycles. The molecule has 2 heterocycles. The standard InChI is InChI=1S/C23H22N4O2/c28-22(18-25-15-16-26(23(25)29)20-11-5-2-6-12-20)27(21-13-7-8-14-24-21)17-19-9-3-1-4-10-19/h1-14H,15-18H2. The quantitative estimate of drug-likeness (QED) is 0.651. The van der Waals surface area contributed by atoms with Crippen molar-refractivity contribution >= 4 is 23.4 Å². The molecule has 6 nitrogen and oxygen atoms in total. The van der Waals surface area contributed by atoms with E-state index in [1.165, 1.54) is 0 Å². The second kappa shape index (κ2) is 8.56. The van der Waals surface area contributed by atoms with E-state index in [-0.39, 0.29) is 18.5 Å². The van der Waals surface area contributed by atoms with Gasteiger partial charge in [-0.2, -0.15) is 0 Å². The number of pyridine rings is 1. The van der Waals surface area contributed by atoms with Gasteiger partial charge in [-0.05, 0) is 29.8 Å². The number of nitrogens with zero attached hydrogens (tertiary/aromatic N) is 4. The van der Waals surface area contributed by atoms with E-state index in [1.807, 2.05) is 78.9 Å². The van der Waals surface area contributed by atoms with Crippen LogP contribution in [0.5, 0.6) is 0 Å². The van der Waals surface area contributed by atoms with Crippen LogP contribution in [0.1, 0.15) is 5.56 Å². The molecule has 6 heteroatoms. The average molecular weight is 386 g/mol. The number of hydrogen-bond acceptors (Lipinski definition) is 3. The van der Waals surface area contributed by atoms with Gasteiger partial charge in [0.25, 0.3) is 0 Å². The monoisotopic (exact) mass is 386 g/mol. The first kappa shape index (κ1) is 18.7. The number of benzene rings is 2. The number of para-hydroxylation sites is 1. The summed E-state index contributed by atoms with van der Waals surface area (Å²) in [4.78, 5) is 35.3. The summed E-state index contributed by atoms with van der Waals surface area (Å²) in [5, 5.41) is 0. The van der Waals surface area contributed by atoms with Crippen LogP contribution in [-0.4, -0.2) is 41.5 Å². The molecule has 0 radical (unpaired) electrons. The number of anilines is 2. The molecule has 3 amide bonds. The highest BCUT2D eigenvalue weighted by Crippen LogP contribution is 2.21. The van der Waals surface area contributed by atoms with Crippen LogP contribution in [0.25, 0.3) is 0 Å². The summed E-state index contributed by atoms with van der Waals surface area (Å²) in [7, 11) is 0. The van der Waals surface area contributed by atoms with Crippen LogP contribution in [0.2, 0.25) is 0 Å². The van der Waals surface area contributed by atoms with Gasteiger partial charge in [0.2, 0.25) is 5.91 Å². The average Bonchev–Trinajstić information content (AvgIpc) is 3.14. The summed E-state index contributed by atoms with van der Waals surface area (Å²) in [6.07, 6.45) is 1.67. The third kappa shape index (κ3) is 4.27. The Morgan fingerprint density at radius 1 is 0.897 bits per heavy atom. The maximum Gasteiger partial charge on any atom is 0.325 e. The van der Waals surface area contributed by atoms with Crippen LogP contribution < -0.4 is 9.80 Å². The Bertz CT molecular complexity index is 964. The molecular weight excluding hydrogens is 364 g/mol. The van der Waals surface area contributed by atoms with Crippen molar-refractivity contribution in [2.75, 3.05) is 29.4 Å². The molecule has 1 aliphatic rings. The highest BCUT2D eigenvalue weighted by molar-refractivity contribution is 6.00. The summed E-state index contributed by atoms with van der Waals surface area (Å²) in [6.45, 7) is 1.51.